The van der Waals surface area contributed by atoms with Crippen LogP contribution in [0.4, 0.5) is 0 Å². The Bertz CT molecular complexity index is 735. The van der Waals surface area contributed by atoms with Crippen LogP contribution in [0.15, 0.2) is 11.1 Å². The molecule has 3 saturated carbocycles. The number of rotatable bonds is 6. The van der Waals surface area contributed by atoms with Crippen LogP contribution in [0.1, 0.15) is 119 Å². The topological polar surface area (TPSA) is 26.3 Å². The van der Waals surface area contributed by atoms with Crippen molar-refractivity contribution in [1.82, 2.24) is 0 Å². The molecule has 182 valence electrons. The lowest BCUT2D eigenvalue weighted by atomic mass is 9.46. The zero-order chi connectivity index (χ0) is 23.3. The fraction of sp³-hybridized carbons (Fsp3) is 0.900. The number of esters is 1. The van der Waals surface area contributed by atoms with E-state index in [4.69, 9.17) is 4.74 Å². The standard InChI is InChI=1S/C30H50O2/c1-19(2)9-8-10-20(3)24-13-14-26-23-11-12-25-21(4)28(32-22(5)31)16-18-30(25,7)27(23)15-17-29(24,26)6/h19-20,23-24,26-28H,8-18H2,1-7H3/t20-,23+,24-,26+,27+,28?,29-,30+/m1/s1. The zero-order valence-electron chi connectivity index (χ0n) is 22.1. The highest BCUT2D eigenvalue weighted by Gasteiger charge is 2.59. The van der Waals surface area contributed by atoms with Crippen LogP contribution in [0, 0.1) is 46.3 Å². The van der Waals surface area contributed by atoms with E-state index in [1.807, 2.05) is 0 Å². The molecule has 0 aliphatic heterocycles. The quantitative estimate of drug-likeness (QED) is 0.305. The summed E-state index contributed by atoms with van der Waals surface area (Å²) in [7, 11) is 0. The van der Waals surface area contributed by atoms with Gasteiger partial charge in [-0.3, -0.25) is 4.79 Å². The van der Waals surface area contributed by atoms with E-state index < -0.39 is 0 Å². The van der Waals surface area contributed by atoms with Crippen molar-refractivity contribution < 1.29 is 9.53 Å². The third-order valence-corrected chi connectivity index (χ3v) is 11.1. The molecule has 1 unspecified atom stereocenters. The van der Waals surface area contributed by atoms with Gasteiger partial charge in [0, 0.05) is 6.92 Å². The molecule has 4 aliphatic carbocycles. The molecule has 4 rings (SSSR count). The lowest BCUT2D eigenvalue weighted by Crippen LogP contribution is -2.51. The minimum atomic E-state index is -0.125. The molecule has 0 spiro atoms. The molecule has 0 aromatic carbocycles. The van der Waals surface area contributed by atoms with Gasteiger partial charge in [-0.05, 0) is 110 Å². The highest BCUT2D eigenvalue weighted by atomic mass is 16.5. The van der Waals surface area contributed by atoms with E-state index in [2.05, 4.69) is 41.5 Å². The molecule has 0 bridgehead atoms. The smallest absolute Gasteiger partial charge is 0.303 e. The van der Waals surface area contributed by atoms with Crippen molar-refractivity contribution >= 4 is 5.97 Å². The number of allylic oxidation sites excluding steroid dienone is 1. The van der Waals surface area contributed by atoms with Crippen LogP contribution < -0.4 is 0 Å². The maximum atomic E-state index is 11.6. The maximum absolute atomic E-state index is 11.6. The Morgan fingerprint density at radius 2 is 1.75 bits per heavy atom. The second-order valence-corrected chi connectivity index (χ2v) is 13.2. The van der Waals surface area contributed by atoms with Gasteiger partial charge in [-0.15, -0.1) is 0 Å². The van der Waals surface area contributed by atoms with Crippen molar-refractivity contribution in [3.05, 3.63) is 11.1 Å². The Morgan fingerprint density at radius 1 is 1.00 bits per heavy atom. The largest absolute Gasteiger partial charge is 0.458 e. The lowest BCUT2D eigenvalue weighted by molar-refractivity contribution is -0.146. The molecule has 8 atom stereocenters. The van der Waals surface area contributed by atoms with Gasteiger partial charge in [0.1, 0.15) is 6.10 Å². The molecule has 4 aliphatic rings. The molecular weight excluding hydrogens is 392 g/mol. The number of hydrogen-bond acceptors (Lipinski definition) is 2. The van der Waals surface area contributed by atoms with Crippen molar-refractivity contribution in [3.63, 3.8) is 0 Å². The van der Waals surface area contributed by atoms with E-state index in [1.165, 1.54) is 69.8 Å². The average molecular weight is 443 g/mol. The van der Waals surface area contributed by atoms with Crippen LogP contribution in [-0.4, -0.2) is 12.1 Å². The van der Waals surface area contributed by atoms with Crippen LogP contribution in [0.5, 0.6) is 0 Å². The van der Waals surface area contributed by atoms with Gasteiger partial charge in [-0.2, -0.15) is 0 Å². The van der Waals surface area contributed by atoms with E-state index in [0.29, 0.717) is 10.8 Å². The predicted octanol–water partition coefficient (Wildman–Crippen LogP) is 8.35. The Balaban J connectivity index is 1.50. The Hall–Kier alpha value is -0.790. The van der Waals surface area contributed by atoms with Crippen molar-refractivity contribution in [1.29, 1.82) is 0 Å². The molecular formula is C30H50O2. The van der Waals surface area contributed by atoms with Crippen LogP contribution in [0.2, 0.25) is 0 Å². The summed E-state index contributed by atoms with van der Waals surface area (Å²) in [5.41, 5.74) is 3.96. The molecule has 0 amide bonds. The maximum Gasteiger partial charge on any atom is 0.303 e. The first-order chi connectivity index (χ1) is 15.1. The van der Waals surface area contributed by atoms with Gasteiger partial charge < -0.3 is 4.74 Å². The van der Waals surface area contributed by atoms with Crippen molar-refractivity contribution in [2.45, 2.75) is 125 Å². The summed E-state index contributed by atoms with van der Waals surface area (Å²) in [6.07, 6.45) is 14.9. The van der Waals surface area contributed by atoms with E-state index in [1.54, 1.807) is 12.5 Å². The molecule has 0 heterocycles. The fourth-order valence-corrected chi connectivity index (χ4v) is 9.50. The summed E-state index contributed by atoms with van der Waals surface area (Å²) in [6, 6.07) is 0. The highest BCUT2D eigenvalue weighted by Crippen LogP contribution is 2.68. The highest BCUT2D eigenvalue weighted by molar-refractivity contribution is 5.66. The first kappa shape index (κ1) is 24.3. The molecule has 2 nitrogen and oxygen atoms in total. The first-order valence-corrected chi connectivity index (χ1v) is 13.9. The third kappa shape index (κ3) is 4.11. The van der Waals surface area contributed by atoms with Crippen LogP contribution in [0.3, 0.4) is 0 Å². The number of hydrogen-bond donors (Lipinski definition) is 0. The fourth-order valence-electron chi connectivity index (χ4n) is 9.50. The number of carbonyl (C=O) groups is 1. The zero-order valence-corrected chi connectivity index (χ0v) is 22.1. The summed E-state index contributed by atoms with van der Waals surface area (Å²) in [6.45, 7) is 16.4. The van der Waals surface area contributed by atoms with Crippen LogP contribution in [0.25, 0.3) is 0 Å². The summed E-state index contributed by atoms with van der Waals surface area (Å²) in [5.74, 6) is 5.22. The second-order valence-electron chi connectivity index (χ2n) is 13.2. The monoisotopic (exact) mass is 442 g/mol. The normalized spacial score (nSPS) is 42.3. The molecule has 0 aromatic heterocycles. The van der Waals surface area contributed by atoms with Gasteiger partial charge in [0.2, 0.25) is 0 Å². The van der Waals surface area contributed by atoms with Gasteiger partial charge in [0.05, 0.1) is 0 Å². The molecule has 3 fully saturated rings. The van der Waals surface area contributed by atoms with Gasteiger partial charge in [-0.25, -0.2) is 0 Å². The number of carbonyl (C=O) groups excluding carboxylic acids is 1. The van der Waals surface area contributed by atoms with Gasteiger partial charge in [-0.1, -0.05) is 59.5 Å². The minimum absolute atomic E-state index is 0.0310. The van der Waals surface area contributed by atoms with E-state index in [9.17, 15) is 4.79 Å². The Morgan fingerprint density at radius 3 is 2.44 bits per heavy atom. The Kier molecular flexibility index (Phi) is 6.92. The minimum Gasteiger partial charge on any atom is -0.458 e. The van der Waals surface area contributed by atoms with E-state index in [0.717, 1.165) is 41.9 Å². The summed E-state index contributed by atoms with van der Waals surface area (Å²) < 4.78 is 5.71. The second kappa shape index (κ2) is 9.10. The number of ether oxygens (including phenoxy) is 1. The summed E-state index contributed by atoms with van der Waals surface area (Å²) in [5, 5.41) is 0. The number of fused-ring (bicyclic) bond motifs is 5. The molecule has 32 heavy (non-hydrogen) atoms. The molecule has 0 saturated heterocycles. The van der Waals surface area contributed by atoms with Crippen molar-refractivity contribution in [3.8, 4) is 0 Å². The van der Waals surface area contributed by atoms with Gasteiger partial charge >= 0.3 is 5.97 Å². The average Bonchev–Trinajstić information content (AvgIpc) is 3.07. The predicted molar refractivity (Wildman–Crippen MR) is 133 cm³/mol. The first-order valence-electron chi connectivity index (χ1n) is 13.9. The van der Waals surface area contributed by atoms with Crippen LogP contribution >= 0.6 is 0 Å². The lowest BCUT2D eigenvalue weighted by Gasteiger charge is -2.59. The van der Waals surface area contributed by atoms with Crippen molar-refractivity contribution in [2.24, 2.45) is 46.3 Å². The Labute approximate surface area is 198 Å². The van der Waals surface area contributed by atoms with E-state index in [-0.39, 0.29) is 12.1 Å². The molecule has 0 aromatic rings. The van der Waals surface area contributed by atoms with E-state index >= 15 is 0 Å². The SMILES string of the molecule is CC(=O)OC1CC[C@@]2(C)C(=C1C)CC[C@H]1[C@@H]3CC[C@H]([C@H](C)CCCC(C)C)[C@@]3(C)CC[C@@H]12. The van der Waals surface area contributed by atoms with Gasteiger partial charge in [0.15, 0.2) is 0 Å². The van der Waals surface area contributed by atoms with Crippen molar-refractivity contribution in [2.75, 3.05) is 0 Å². The molecule has 0 N–H and O–H groups in total. The summed E-state index contributed by atoms with van der Waals surface area (Å²) >= 11 is 0. The summed E-state index contributed by atoms with van der Waals surface area (Å²) in [4.78, 5) is 11.6. The third-order valence-electron chi connectivity index (χ3n) is 11.1. The van der Waals surface area contributed by atoms with Crippen LogP contribution in [-0.2, 0) is 9.53 Å². The van der Waals surface area contributed by atoms with Gasteiger partial charge in [0.25, 0.3) is 0 Å². The molecule has 0 radical (unpaired) electrons. The molecule has 2 heteroatoms.